The number of halogens is 1. The first kappa shape index (κ1) is 9.18. The minimum Gasteiger partial charge on any atom is -0.377 e. The standard InChI is InChI=1S/C6H9ClN4O/c1-12-3-6-9-4(7)2-5(10-6)11-8/h2H,3,8H2,1H3,(H,9,10,11). The fourth-order valence-electron chi connectivity index (χ4n) is 0.732. The number of nitrogen functional groups attached to an aromatic ring is 1. The second kappa shape index (κ2) is 4.20. The molecule has 66 valence electrons. The van der Waals surface area contributed by atoms with Crippen molar-refractivity contribution in [2.75, 3.05) is 12.5 Å². The number of rotatable bonds is 3. The van der Waals surface area contributed by atoms with Crippen molar-refractivity contribution in [3.63, 3.8) is 0 Å². The van der Waals surface area contributed by atoms with Crippen LogP contribution in [-0.4, -0.2) is 17.1 Å². The number of hydrogen-bond donors (Lipinski definition) is 2. The molecule has 0 atom stereocenters. The van der Waals surface area contributed by atoms with E-state index in [0.717, 1.165) is 0 Å². The largest absolute Gasteiger partial charge is 0.377 e. The van der Waals surface area contributed by atoms with Gasteiger partial charge in [-0.05, 0) is 0 Å². The lowest BCUT2D eigenvalue weighted by atomic mass is 10.5. The molecular formula is C6H9ClN4O. The van der Waals surface area contributed by atoms with E-state index in [2.05, 4.69) is 15.4 Å². The molecule has 0 aliphatic rings. The minimum atomic E-state index is 0.315. The number of nitrogens with two attached hydrogens (primary N) is 1. The molecule has 12 heavy (non-hydrogen) atoms. The van der Waals surface area contributed by atoms with E-state index in [0.29, 0.717) is 23.4 Å². The molecule has 0 fully saturated rings. The Kier molecular flexibility index (Phi) is 3.21. The first-order valence-corrected chi connectivity index (χ1v) is 3.63. The Balaban J connectivity index is 2.90. The monoisotopic (exact) mass is 188 g/mol. The second-order valence-electron chi connectivity index (χ2n) is 2.07. The summed E-state index contributed by atoms with van der Waals surface area (Å²) in [7, 11) is 1.56. The molecule has 0 radical (unpaired) electrons. The second-order valence-corrected chi connectivity index (χ2v) is 2.46. The van der Waals surface area contributed by atoms with Crippen LogP contribution in [0.1, 0.15) is 5.82 Å². The van der Waals surface area contributed by atoms with Gasteiger partial charge in [-0.25, -0.2) is 15.8 Å². The number of methoxy groups -OCH3 is 1. The first-order valence-electron chi connectivity index (χ1n) is 3.25. The Morgan fingerprint density at radius 2 is 2.42 bits per heavy atom. The molecular weight excluding hydrogens is 180 g/mol. The Hall–Kier alpha value is -0.910. The van der Waals surface area contributed by atoms with Gasteiger partial charge in [-0.1, -0.05) is 11.6 Å². The van der Waals surface area contributed by atoms with Gasteiger partial charge in [0.1, 0.15) is 17.6 Å². The van der Waals surface area contributed by atoms with Crippen LogP contribution in [0.5, 0.6) is 0 Å². The zero-order valence-electron chi connectivity index (χ0n) is 6.54. The molecule has 0 spiro atoms. The van der Waals surface area contributed by atoms with Crippen LogP contribution in [0.4, 0.5) is 5.82 Å². The maximum absolute atomic E-state index is 5.66. The highest BCUT2D eigenvalue weighted by atomic mass is 35.5. The van der Waals surface area contributed by atoms with Crippen LogP contribution in [0.25, 0.3) is 0 Å². The lowest BCUT2D eigenvalue weighted by molar-refractivity contribution is 0.178. The number of aromatic nitrogens is 2. The summed E-state index contributed by atoms with van der Waals surface area (Å²) in [5.41, 5.74) is 2.38. The van der Waals surface area contributed by atoms with E-state index >= 15 is 0 Å². The zero-order valence-corrected chi connectivity index (χ0v) is 7.30. The van der Waals surface area contributed by atoms with E-state index in [4.69, 9.17) is 22.2 Å². The van der Waals surface area contributed by atoms with Gasteiger partial charge < -0.3 is 10.2 Å². The molecule has 1 aromatic heterocycles. The topological polar surface area (TPSA) is 73.1 Å². The smallest absolute Gasteiger partial charge is 0.158 e. The highest BCUT2D eigenvalue weighted by molar-refractivity contribution is 6.29. The summed E-state index contributed by atoms with van der Waals surface area (Å²) in [5, 5.41) is 0.338. The SMILES string of the molecule is COCc1nc(Cl)cc(NN)n1. The molecule has 0 unspecified atom stereocenters. The van der Waals surface area contributed by atoms with E-state index in [1.54, 1.807) is 7.11 Å². The van der Waals surface area contributed by atoms with Crippen molar-refractivity contribution in [1.82, 2.24) is 9.97 Å². The molecule has 1 aromatic rings. The van der Waals surface area contributed by atoms with Crippen LogP contribution in [0, 0.1) is 0 Å². The third-order valence-electron chi connectivity index (χ3n) is 1.16. The predicted molar refractivity (Wildman–Crippen MR) is 45.6 cm³/mol. The number of hydrogen-bond acceptors (Lipinski definition) is 5. The van der Waals surface area contributed by atoms with Crippen molar-refractivity contribution >= 4 is 17.4 Å². The lowest BCUT2D eigenvalue weighted by Gasteiger charge is -2.02. The summed E-state index contributed by atoms with van der Waals surface area (Å²) >= 11 is 5.66. The molecule has 0 bridgehead atoms. The molecule has 0 aliphatic carbocycles. The summed E-state index contributed by atoms with van der Waals surface area (Å²) in [6.07, 6.45) is 0. The van der Waals surface area contributed by atoms with Crippen molar-refractivity contribution in [3.05, 3.63) is 17.0 Å². The molecule has 5 nitrogen and oxygen atoms in total. The fourth-order valence-corrected chi connectivity index (χ4v) is 0.933. The molecule has 6 heteroatoms. The molecule has 3 N–H and O–H groups in total. The summed E-state index contributed by atoms with van der Waals surface area (Å²) < 4.78 is 4.83. The van der Waals surface area contributed by atoms with E-state index in [-0.39, 0.29) is 0 Å². The van der Waals surface area contributed by atoms with E-state index < -0.39 is 0 Å². The number of ether oxygens (including phenoxy) is 1. The van der Waals surface area contributed by atoms with Gasteiger partial charge in [-0.15, -0.1) is 0 Å². The third kappa shape index (κ3) is 2.30. The van der Waals surface area contributed by atoms with Crippen molar-refractivity contribution in [1.29, 1.82) is 0 Å². The van der Waals surface area contributed by atoms with E-state index in [1.165, 1.54) is 6.07 Å². The highest BCUT2D eigenvalue weighted by Crippen LogP contribution is 2.10. The van der Waals surface area contributed by atoms with Gasteiger partial charge in [0.2, 0.25) is 0 Å². The van der Waals surface area contributed by atoms with Crippen molar-refractivity contribution in [3.8, 4) is 0 Å². The van der Waals surface area contributed by atoms with Gasteiger partial charge in [-0.3, -0.25) is 0 Å². The lowest BCUT2D eigenvalue weighted by Crippen LogP contribution is -2.10. The van der Waals surface area contributed by atoms with Crippen molar-refractivity contribution < 1.29 is 4.74 Å². The van der Waals surface area contributed by atoms with Crippen LogP contribution >= 0.6 is 11.6 Å². The molecule has 0 aromatic carbocycles. The van der Waals surface area contributed by atoms with Crippen LogP contribution in [0.15, 0.2) is 6.07 Å². The van der Waals surface area contributed by atoms with Gasteiger partial charge in [0.05, 0.1) is 0 Å². The summed E-state index contributed by atoms with van der Waals surface area (Å²) in [6.45, 7) is 0.315. The average Bonchev–Trinajstić information content (AvgIpc) is 2.04. The Bertz CT molecular complexity index is 268. The summed E-state index contributed by atoms with van der Waals surface area (Å²) in [4.78, 5) is 7.89. The van der Waals surface area contributed by atoms with Crippen molar-refractivity contribution in [2.45, 2.75) is 6.61 Å². The fraction of sp³-hybridized carbons (Fsp3) is 0.333. The van der Waals surface area contributed by atoms with Gasteiger partial charge in [0, 0.05) is 13.2 Å². The number of hydrazine groups is 1. The van der Waals surface area contributed by atoms with Crippen LogP contribution in [-0.2, 0) is 11.3 Å². The normalized spacial score (nSPS) is 9.92. The third-order valence-corrected chi connectivity index (χ3v) is 1.36. The van der Waals surface area contributed by atoms with Gasteiger partial charge in [0.15, 0.2) is 5.82 Å². The number of nitrogens with zero attached hydrogens (tertiary/aromatic N) is 2. The van der Waals surface area contributed by atoms with Gasteiger partial charge in [0.25, 0.3) is 0 Å². The molecule has 1 rings (SSSR count). The Labute approximate surface area is 74.9 Å². The van der Waals surface area contributed by atoms with Crippen LogP contribution < -0.4 is 11.3 Å². The predicted octanol–water partition coefficient (Wildman–Crippen LogP) is 0.562. The van der Waals surface area contributed by atoms with Crippen molar-refractivity contribution in [2.24, 2.45) is 5.84 Å². The first-order chi connectivity index (χ1) is 5.76. The zero-order chi connectivity index (χ0) is 8.97. The summed E-state index contributed by atoms with van der Waals surface area (Å²) in [6, 6.07) is 1.53. The number of nitrogens with one attached hydrogen (secondary N) is 1. The molecule has 0 saturated heterocycles. The van der Waals surface area contributed by atoms with Gasteiger partial charge in [-0.2, -0.15) is 0 Å². The van der Waals surface area contributed by atoms with E-state index in [1.807, 2.05) is 0 Å². The Morgan fingerprint density at radius 3 is 3.00 bits per heavy atom. The average molecular weight is 189 g/mol. The van der Waals surface area contributed by atoms with Gasteiger partial charge >= 0.3 is 0 Å². The quantitative estimate of drug-likeness (QED) is 0.412. The molecule has 0 saturated carbocycles. The maximum Gasteiger partial charge on any atom is 0.158 e. The number of anilines is 1. The van der Waals surface area contributed by atoms with Crippen LogP contribution in [0.2, 0.25) is 5.15 Å². The van der Waals surface area contributed by atoms with Crippen LogP contribution in [0.3, 0.4) is 0 Å². The minimum absolute atomic E-state index is 0.315. The molecule has 0 amide bonds. The molecule has 0 aliphatic heterocycles. The maximum atomic E-state index is 5.66. The van der Waals surface area contributed by atoms with E-state index in [9.17, 15) is 0 Å². The molecule has 1 heterocycles. The summed E-state index contributed by atoms with van der Waals surface area (Å²) in [5.74, 6) is 6.12. The Morgan fingerprint density at radius 1 is 1.67 bits per heavy atom. The highest BCUT2D eigenvalue weighted by Gasteiger charge is 2.00.